The van der Waals surface area contributed by atoms with Gasteiger partial charge >= 0.3 is 12.2 Å². The van der Waals surface area contributed by atoms with Gasteiger partial charge in [-0.1, -0.05) is 48.5 Å². The molecule has 2 aromatic carbocycles. The quantitative estimate of drug-likeness (QED) is 0.605. The molecule has 0 spiro atoms. The number of benzene rings is 2. The average molecular weight is 464 g/mol. The van der Waals surface area contributed by atoms with Crippen molar-refractivity contribution in [2.45, 2.75) is 56.1 Å². The Morgan fingerprint density at radius 2 is 1.53 bits per heavy atom. The maximum absolute atomic E-state index is 12.4. The molecule has 5 rings (SSSR count). The summed E-state index contributed by atoms with van der Waals surface area (Å²) in [6, 6.07) is 16.3. The number of nitrogens with one attached hydrogen (secondary N) is 2. The third kappa shape index (κ3) is 4.32. The lowest BCUT2D eigenvalue weighted by Gasteiger charge is -2.37. The molecule has 178 valence electrons. The molecule has 8 heteroatoms. The van der Waals surface area contributed by atoms with Crippen molar-refractivity contribution < 1.29 is 24.2 Å². The van der Waals surface area contributed by atoms with E-state index in [4.69, 9.17) is 4.74 Å². The molecule has 2 aromatic rings. The molecule has 3 atom stereocenters. The molecule has 2 aliphatic heterocycles. The normalized spacial score (nSPS) is 22.6. The molecule has 1 unspecified atom stereocenters. The van der Waals surface area contributed by atoms with Gasteiger partial charge in [-0.05, 0) is 47.9 Å². The number of piperidine rings is 1. The summed E-state index contributed by atoms with van der Waals surface area (Å²) >= 11 is 0. The molecule has 2 saturated heterocycles. The Hall–Kier alpha value is -3.55. The van der Waals surface area contributed by atoms with Crippen LogP contribution in [0.4, 0.5) is 9.59 Å². The number of ether oxygens (including phenoxy) is 1. The van der Waals surface area contributed by atoms with Gasteiger partial charge in [-0.25, -0.2) is 9.59 Å². The van der Waals surface area contributed by atoms with E-state index in [1.54, 1.807) is 4.90 Å². The molecule has 2 bridgehead atoms. The fourth-order valence-electron chi connectivity index (χ4n) is 5.83. The number of fused-ring (bicyclic) bond motifs is 5. The second-order valence-electron chi connectivity index (χ2n) is 9.31. The highest BCUT2D eigenvalue weighted by Crippen LogP contribution is 2.44. The molecule has 3 amide bonds. The van der Waals surface area contributed by atoms with E-state index >= 15 is 0 Å². The highest BCUT2D eigenvalue weighted by Gasteiger charge is 2.43. The molecule has 8 nitrogen and oxygen atoms in total. The van der Waals surface area contributed by atoms with Gasteiger partial charge in [0.15, 0.2) is 0 Å². The first-order chi connectivity index (χ1) is 16.5. The van der Waals surface area contributed by atoms with Crippen molar-refractivity contribution in [2.24, 2.45) is 0 Å². The number of carbonyl (C=O) groups excluding carboxylic acids is 2. The molecule has 0 saturated carbocycles. The van der Waals surface area contributed by atoms with Crippen molar-refractivity contribution in [1.29, 1.82) is 0 Å². The SMILES string of the molecule is O=C(CCNC(=O)OCC1c2ccccc2-c2ccccc21)NC1C[C@H]2CC[C@@H](C1)N2C(=O)O. The second-order valence-corrected chi connectivity index (χ2v) is 9.31. The minimum absolute atomic E-state index is 0.00603. The van der Waals surface area contributed by atoms with Crippen molar-refractivity contribution in [3.63, 3.8) is 0 Å². The van der Waals surface area contributed by atoms with Gasteiger partial charge in [0.2, 0.25) is 5.91 Å². The van der Waals surface area contributed by atoms with E-state index in [0.717, 1.165) is 24.0 Å². The van der Waals surface area contributed by atoms with E-state index in [1.165, 1.54) is 11.1 Å². The van der Waals surface area contributed by atoms with Crippen LogP contribution in [0.25, 0.3) is 11.1 Å². The van der Waals surface area contributed by atoms with Crippen molar-refractivity contribution in [1.82, 2.24) is 15.5 Å². The third-order valence-corrected chi connectivity index (χ3v) is 7.28. The number of rotatable bonds is 6. The Morgan fingerprint density at radius 3 is 2.12 bits per heavy atom. The summed E-state index contributed by atoms with van der Waals surface area (Å²) in [6.07, 6.45) is 1.74. The first-order valence-electron chi connectivity index (χ1n) is 11.9. The fourth-order valence-corrected chi connectivity index (χ4v) is 5.83. The van der Waals surface area contributed by atoms with Crippen LogP contribution in [0.15, 0.2) is 48.5 Å². The van der Waals surface area contributed by atoms with E-state index in [9.17, 15) is 19.5 Å². The minimum atomic E-state index is -0.871. The lowest BCUT2D eigenvalue weighted by Crippen LogP contribution is -2.52. The summed E-state index contributed by atoms with van der Waals surface area (Å²) in [6.45, 7) is 0.417. The van der Waals surface area contributed by atoms with Crippen LogP contribution < -0.4 is 10.6 Å². The zero-order chi connectivity index (χ0) is 23.7. The number of hydrogen-bond acceptors (Lipinski definition) is 4. The maximum atomic E-state index is 12.4. The molecule has 0 radical (unpaired) electrons. The average Bonchev–Trinajstić information content (AvgIpc) is 3.29. The number of carboxylic acid groups (broad SMARTS) is 1. The van der Waals surface area contributed by atoms with E-state index in [1.807, 2.05) is 24.3 Å². The zero-order valence-electron chi connectivity index (χ0n) is 18.9. The van der Waals surface area contributed by atoms with E-state index in [-0.39, 0.29) is 49.5 Å². The maximum Gasteiger partial charge on any atom is 0.407 e. The second kappa shape index (κ2) is 9.37. The van der Waals surface area contributed by atoms with Crippen molar-refractivity contribution >= 4 is 18.1 Å². The molecule has 34 heavy (non-hydrogen) atoms. The summed E-state index contributed by atoms with van der Waals surface area (Å²) in [5, 5.41) is 15.0. The Balaban J connectivity index is 1.06. The standard InChI is InChI=1S/C26H29N3O5/c30-24(28-16-13-17-9-10-18(14-16)29(17)26(32)33)11-12-27-25(31)34-15-23-21-7-3-1-5-19(21)20-6-2-4-8-22(20)23/h1-8,16-18,23H,9-15H2,(H,27,31)(H,28,30)(H,32,33)/t16?,17-,18+. The molecular formula is C26H29N3O5. The number of nitrogens with zero attached hydrogens (tertiary/aromatic N) is 1. The summed E-state index contributed by atoms with van der Waals surface area (Å²) in [4.78, 5) is 37.6. The Kier molecular flexibility index (Phi) is 6.13. The van der Waals surface area contributed by atoms with Crippen LogP contribution in [-0.2, 0) is 9.53 Å². The van der Waals surface area contributed by atoms with Crippen LogP contribution >= 0.6 is 0 Å². The zero-order valence-corrected chi connectivity index (χ0v) is 18.9. The lowest BCUT2D eigenvalue weighted by atomic mass is 9.97. The van der Waals surface area contributed by atoms with Gasteiger partial charge in [0.05, 0.1) is 0 Å². The molecule has 3 N–H and O–H groups in total. The molecule has 2 heterocycles. The van der Waals surface area contributed by atoms with E-state index < -0.39 is 12.2 Å². The summed E-state index contributed by atoms with van der Waals surface area (Å²) in [5.74, 6) is -0.152. The van der Waals surface area contributed by atoms with Gasteiger partial charge in [0.1, 0.15) is 6.61 Å². The fraction of sp³-hybridized carbons (Fsp3) is 0.423. The van der Waals surface area contributed by atoms with Crippen LogP contribution in [0, 0.1) is 0 Å². The number of carbonyl (C=O) groups is 3. The predicted molar refractivity (Wildman–Crippen MR) is 126 cm³/mol. The van der Waals surface area contributed by atoms with Crippen LogP contribution in [0.5, 0.6) is 0 Å². The van der Waals surface area contributed by atoms with Crippen LogP contribution in [-0.4, -0.2) is 59.4 Å². The molecule has 0 aromatic heterocycles. The topological polar surface area (TPSA) is 108 Å². The van der Waals surface area contributed by atoms with Crippen LogP contribution in [0.2, 0.25) is 0 Å². The van der Waals surface area contributed by atoms with Crippen LogP contribution in [0.1, 0.15) is 49.1 Å². The third-order valence-electron chi connectivity index (χ3n) is 7.28. The largest absolute Gasteiger partial charge is 0.465 e. The lowest BCUT2D eigenvalue weighted by molar-refractivity contribution is -0.122. The first kappa shape index (κ1) is 22.3. The Bertz CT molecular complexity index is 1040. The highest BCUT2D eigenvalue weighted by atomic mass is 16.5. The highest BCUT2D eigenvalue weighted by molar-refractivity contribution is 5.79. The molecular weight excluding hydrogens is 434 g/mol. The predicted octanol–water partition coefficient (Wildman–Crippen LogP) is 3.70. The number of alkyl carbamates (subject to hydrolysis) is 1. The summed E-state index contributed by atoms with van der Waals surface area (Å²) in [5.41, 5.74) is 4.65. The Labute approximate surface area is 198 Å². The molecule has 1 aliphatic carbocycles. The van der Waals surface area contributed by atoms with E-state index in [0.29, 0.717) is 12.8 Å². The molecule has 2 fully saturated rings. The van der Waals surface area contributed by atoms with Gasteiger partial charge in [-0.15, -0.1) is 0 Å². The van der Waals surface area contributed by atoms with Crippen molar-refractivity contribution in [3.05, 3.63) is 59.7 Å². The molecule has 3 aliphatic rings. The Morgan fingerprint density at radius 1 is 0.941 bits per heavy atom. The summed E-state index contributed by atoms with van der Waals surface area (Å²) < 4.78 is 5.50. The van der Waals surface area contributed by atoms with Crippen LogP contribution in [0.3, 0.4) is 0 Å². The number of hydrogen-bond donors (Lipinski definition) is 3. The monoisotopic (exact) mass is 463 g/mol. The van der Waals surface area contributed by atoms with Gasteiger partial charge in [-0.3, -0.25) is 4.79 Å². The van der Waals surface area contributed by atoms with Crippen molar-refractivity contribution in [2.75, 3.05) is 13.2 Å². The first-order valence-corrected chi connectivity index (χ1v) is 11.9. The minimum Gasteiger partial charge on any atom is -0.465 e. The van der Waals surface area contributed by atoms with Gasteiger partial charge in [0, 0.05) is 37.0 Å². The number of amides is 3. The smallest absolute Gasteiger partial charge is 0.407 e. The van der Waals surface area contributed by atoms with Gasteiger partial charge in [0.25, 0.3) is 0 Å². The van der Waals surface area contributed by atoms with E-state index in [2.05, 4.69) is 34.9 Å². The van der Waals surface area contributed by atoms with Gasteiger partial charge < -0.3 is 25.4 Å². The summed E-state index contributed by atoms with van der Waals surface area (Å²) in [7, 11) is 0. The van der Waals surface area contributed by atoms with Gasteiger partial charge in [-0.2, -0.15) is 0 Å². The van der Waals surface area contributed by atoms with Crippen molar-refractivity contribution in [3.8, 4) is 11.1 Å².